The number of carbonyl (C=O) groups is 3. The van der Waals surface area contributed by atoms with Crippen LogP contribution in [0.3, 0.4) is 0 Å². The molecule has 142 valence electrons. The van der Waals surface area contributed by atoms with Crippen molar-refractivity contribution in [2.24, 2.45) is 0 Å². The lowest BCUT2D eigenvalue weighted by Crippen LogP contribution is -2.42. The molecule has 0 saturated carbocycles. The van der Waals surface area contributed by atoms with Gasteiger partial charge < -0.3 is 10.6 Å². The number of ketones is 1. The van der Waals surface area contributed by atoms with E-state index in [1.165, 1.54) is 0 Å². The summed E-state index contributed by atoms with van der Waals surface area (Å²) >= 11 is 5.81. The van der Waals surface area contributed by atoms with Gasteiger partial charge in [0, 0.05) is 29.5 Å². The van der Waals surface area contributed by atoms with Gasteiger partial charge in [0.1, 0.15) is 6.04 Å². The number of halogens is 1. The fourth-order valence-corrected chi connectivity index (χ4v) is 2.68. The van der Waals surface area contributed by atoms with Gasteiger partial charge in [0.2, 0.25) is 11.8 Å². The molecule has 1 atom stereocenters. The molecule has 0 aliphatic rings. The first-order valence-electron chi connectivity index (χ1n) is 8.80. The summed E-state index contributed by atoms with van der Waals surface area (Å²) in [4.78, 5) is 37.0. The van der Waals surface area contributed by atoms with Crippen LogP contribution in [-0.2, 0) is 9.59 Å². The van der Waals surface area contributed by atoms with Crippen LogP contribution in [0.2, 0.25) is 5.02 Å². The van der Waals surface area contributed by atoms with Crippen LogP contribution in [0.4, 0.5) is 0 Å². The Morgan fingerprint density at radius 3 is 2.11 bits per heavy atom. The van der Waals surface area contributed by atoms with Crippen LogP contribution < -0.4 is 10.6 Å². The summed E-state index contributed by atoms with van der Waals surface area (Å²) in [5.74, 6) is -0.789. The van der Waals surface area contributed by atoms with Crippen molar-refractivity contribution >= 4 is 29.2 Å². The molecule has 0 unspecified atom stereocenters. The number of carbonyl (C=O) groups excluding carboxylic acids is 3. The van der Waals surface area contributed by atoms with Crippen LogP contribution in [0.1, 0.15) is 48.7 Å². The third-order valence-corrected chi connectivity index (χ3v) is 4.13. The van der Waals surface area contributed by atoms with Gasteiger partial charge in [-0.2, -0.15) is 0 Å². The summed E-state index contributed by atoms with van der Waals surface area (Å²) in [5.41, 5.74) is 1.19. The van der Waals surface area contributed by atoms with E-state index in [0.29, 0.717) is 16.1 Å². The van der Waals surface area contributed by atoms with E-state index in [1.54, 1.807) is 48.5 Å². The van der Waals surface area contributed by atoms with E-state index < -0.39 is 6.04 Å². The molecule has 2 rings (SSSR count). The van der Waals surface area contributed by atoms with Gasteiger partial charge in [0.15, 0.2) is 5.78 Å². The molecule has 27 heavy (non-hydrogen) atoms. The predicted molar refractivity (Wildman–Crippen MR) is 106 cm³/mol. The van der Waals surface area contributed by atoms with E-state index in [1.807, 2.05) is 19.9 Å². The van der Waals surface area contributed by atoms with Crippen LogP contribution in [-0.4, -0.2) is 23.6 Å². The van der Waals surface area contributed by atoms with Gasteiger partial charge in [-0.05, 0) is 43.7 Å². The number of hydrogen-bond acceptors (Lipinski definition) is 3. The lowest BCUT2D eigenvalue weighted by Gasteiger charge is -2.20. The maximum absolute atomic E-state index is 12.5. The van der Waals surface area contributed by atoms with Crippen molar-refractivity contribution in [1.82, 2.24) is 10.6 Å². The van der Waals surface area contributed by atoms with Crippen LogP contribution in [0.5, 0.6) is 0 Å². The largest absolute Gasteiger partial charge is 0.352 e. The lowest BCUT2D eigenvalue weighted by atomic mass is 10.0. The van der Waals surface area contributed by atoms with Crippen molar-refractivity contribution in [3.8, 4) is 0 Å². The molecule has 0 aromatic heterocycles. The Bertz CT molecular complexity index is 789. The van der Waals surface area contributed by atoms with Crippen molar-refractivity contribution in [3.63, 3.8) is 0 Å². The second-order valence-electron chi connectivity index (χ2n) is 6.50. The second kappa shape index (κ2) is 9.88. The van der Waals surface area contributed by atoms with Crippen molar-refractivity contribution < 1.29 is 14.4 Å². The highest BCUT2D eigenvalue weighted by Gasteiger charge is 2.23. The van der Waals surface area contributed by atoms with Gasteiger partial charge in [0.25, 0.3) is 0 Å². The number of hydrogen-bond donors (Lipinski definition) is 2. The zero-order valence-corrected chi connectivity index (χ0v) is 16.1. The van der Waals surface area contributed by atoms with Gasteiger partial charge >= 0.3 is 0 Å². The molecule has 0 aliphatic carbocycles. The molecular formula is C21H23ClN2O3. The number of Topliss-reactive ketones (excluding diaryl/α,β-unsaturated/α-hetero) is 1. The van der Waals surface area contributed by atoms with Gasteiger partial charge in [0.05, 0.1) is 0 Å². The van der Waals surface area contributed by atoms with Crippen LogP contribution in [0, 0.1) is 0 Å². The summed E-state index contributed by atoms with van der Waals surface area (Å²) in [6, 6.07) is 14.7. The third-order valence-electron chi connectivity index (χ3n) is 3.88. The number of benzene rings is 2. The molecule has 2 amide bonds. The zero-order chi connectivity index (χ0) is 19.8. The van der Waals surface area contributed by atoms with E-state index in [-0.39, 0.29) is 36.5 Å². The molecule has 2 N–H and O–H groups in total. The fraction of sp³-hybridized carbons (Fsp3) is 0.286. The van der Waals surface area contributed by atoms with E-state index in [2.05, 4.69) is 10.6 Å². The first kappa shape index (κ1) is 20.6. The first-order chi connectivity index (χ1) is 12.9. The molecule has 6 heteroatoms. The summed E-state index contributed by atoms with van der Waals surface area (Å²) < 4.78 is 0. The topological polar surface area (TPSA) is 75.3 Å². The van der Waals surface area contributed by atoms with Crippen molar-refractivity contribution in [3.05, 3.63) is 70.7 Å². The fourth-order valence-electron chi connectivity index (χ4n) is 2.55. The predicted octanol–water partition coefficient (Wildman–Crippen LogP) is 3.69. The van der Waals surface area contributed by atoms with Crippen molar-refractivity contribution in [1.29, 1.82) is 0 Å². The monoisotopic (exact) mass is 386 g/mol. The Kier molecular flexibility index (Phi) is 7.55. The smallest absolute Gasteiger partial charge is 0.247 e. The molecule has 2 aromatic carbocycles. The van der Waals surface area contributed by atoms with Gasteiger partial charge in [-0.3, -0.25) is 14.4 Å². The zero-order valence-electron chi connectivity index (χ0n) is 15.4. The molecule has 0 aliphatic heterocycles. The van der Waals surface area contributed by atoms with Crippen LogP contribution in [0.25, 0.3) is 0 Å². The standard InChI is InChI=1S/C21H23ClN2O3/c1-14(2)23-21(27)20(16-6-4-3-5-7-16)24-19(26)13-12-18(25)15-8-10-17(22)11-9-15/h3-11,14,20H,12-13H2,1-2H3,(H,23,27)(H,24,26)/t20-/m0/s1. The molecule has 0 fully saturated rings. The molecule has 0 radical (unpaired) electrons. The SMILES string of the molecule is CC(C)NC(=O)[C@@H](NC(=O)CCC(=O)c1ccc(Cl)cc1)c1ccccc1. The van der Waals surface area contributed by atoms with Gasteiger partial charge in [-0.25, -0.2) is 0 Å². The summed E-state index contributed by atoms with van der Waals surface area (Å²) in [5, 5.41) is 6.09. The van der Waals surface area contributed by atoms with E-state index in [0.717, 1.165) is 0 Å². The van der Waals surface area contributed by atoms with Crippen LogP contribution in [0.15, 0.2) is 54.6 Å². The average Bonchev–Trinajstić information content (AvgIpc) is 2.64. The third kappa shape index (κ3) is 6.53. The summed E-state index contributed by atoms with van der Waals surface area (Å²) in [6.07, 6.45) is 0.0561. The summed E-state index contributed by atoms with van der Waals surface area (Å²) in [6.45, 7) is 3.71. The lowest BCUT2D eigenvalue weighted by molar-refractivity contribution is -0.129. The first-order valence-corrected chi connectivity index (χ1v) is 9.18. The minimum absolute atomic E-state index is 0.000246. The van der Waals surface area contributed by atoms with E-state index in [9.17, 15) is 14.4 Å². The normalized spacial score (nSPS) is 11.7. The molecule has 0 spiro atoms. The molecule has 0 saturated heterocycles. The molecule has 2 aromatic rings. The summed E-state index contributed by atoms with van der Waals surface area (Å²) in [7, 11) is 0. The Balaban J connectivity index is 1.99. The quantitative estimate of drug-likeness (QED) is 0.679. The van der Waals surface area contributed by atoms with E-state index in [4.69, 9.17) is 11.6 Å². The van der Waals surface area contributed by atoms with Gasteiger partial charge in [-0.15, -0.1) is 0 Å². The number of rotatable bonds is 8. The minimum atomic E-state index is -0.799. The average molecular weight is 387 g/mol. The molecule has 5 nitrogen and oxygen atoms in total. The molecular weight excluding hydrogens is 364 g/mol. The Morgan fingerprint density at radius 2 is 1.52 bits per heavy atom. The van der Waals surface area contributed by atoms with Crippen LogP contribution >= 0.6 is 11.6 Å². The highest BCUT2D eigenvalue weighted by atomic mass is 35.5. The van der Waals surface area contributed by atoms with Crippen molar-refractivity contribution in [2.75, 3.05) is 0 Å². The maximum atomic E-state index is 12.5. The number of amides is 2. The molecule has 0 heterocycles. The Morgan fingerprint density at radius 1 is 0.889 bits per heavy atom. The van der Waals surface area contributed by atoms with E-state index >= 15 is 0 Å². The second-order valence-corrected chi connectivity index (χ2v) is 6.94. The van der Waals surface area contributed by atoms with Gasteiger partial charge in [-0.1, -0.05) is 41.9 Å². The highest BCUT2D eigenvalue weighted by Crippen LogP contribution is 2.15. The highest BCUT2D eigenvalue weighted by molar-refractivity contribution is 6.30. The maximum Gasteiger partial charge on any atom is 0.247 e. The van der Waals surface area contributed by atoms with Crippen molar-refractivity contribution in [2.45, 2.75) is 38.8 Å². The Labute approximate surface area is 164 Å². The Hall–Kier alpha value is -2.66. The minimum Gasteiger partial charge on any atom is -0.352 e. The number of nitrogens with one attached hydrogen (secondary N) is 2. The molecule has 0 bridgehead atoms.